The molecule has 0 aliphatic rings. The van der Waals surface area contributed by atoms with Crippen LogP contribution in [0.2, 0.25) is 5.02 Å². The van der Waals surface area contributed by atoms with Crippen LogP contribution in [0.1, 0.15) is 11.3 Å². The number of nitrogens with one attached hydrogen (secondary N) is 2. The summed E-state index contributed by atoms with van der Waals surface area (Å²) in [4.78, 5) is 12.2. The van der Waals surface area contributed by atoms with Crippen LogP contribution in [0.25, 0.3) is 5.69 Å². The Morgan fingerprint density at radius 1 is 1.41 bits per heavy atom. The quantitative estimate of drug-likeness (QED) is 0.875. The number of halogens is 1. The molecule has 0 aliphatic carbocycles. The van der Waals surface area contributed by atoms with Crippen LogP contribution in [0.15, 0.2) is 29.1 Å². The van der Waals surface area contributed by atoms with Crippen LogP contribution >= 0.6 is 11.6 Å². The molecule has 1 aromatic carbocycles. The SMILES string of the molecule is CNCc1c(C)[nH]n(-c2ccccc2Cl)c1=O. The van der Waals surface area contributed by atoms with Crippen molar-refractivity contribution in [2.45, 2.75) is 13.5 Å². The van der Waals surface area contributed by atoms with Crippen molar-refractivity contribution < 1.29 is 0 Å². The number of para-hydroxylation sites is 1. The van der Waals surface area contributed by atoms with E-state index in [1.165, 1.54) is 4.68 Å². The molecule has 0 amide bonds. The van der Waals surface area contributed by atoms with Gasteiger partial charge >= 0.3 is 0 Å². The average molecular weight is 252 g/mol. The predicted molar refractivity (Wildman–Crippen MR) is 68.9 cm³/mol. The Kier molecular flexibility index (Phi) is 3.36. The lowest BCUT2D eigenvalue weighted by atomic mass is 10.2. The van der Waals surface area contributed by atoms with E-state index in [4.69, 9.17) is 11.6 Å². The normalized spacial score (nSPS) is 10.8. The first-order chi connectivity index (χ1) is 8.15. The maximum Gasteiger partial charge on any atom is 0.276 e. The number of H-pyrrole nitrogens is 1. The Morgan fingerprint density at radius 3 is 2.76 bits per heavy atom. The molecule has 0 fully saturated rings. The van der Waals surface area contributed by atoms with Crippen LogP contribution in [-0.2, 0) is 6.54 Å². The molecule has 0 saturated carbocycles. The van der Waals surface area contributed by atoms with Crippen LogP contribution in [0.3, 0.4) is 0 Å². The fourth-order valence-electron chi connectivity index (χ4n) is 1.77. The summed E-state index contributed by atoms with van der Waals surface area (Å²) in [5.41, 5.74) is 2.19. The summed E-state index contributed by atoms with van der Waals surface area (Å²) < 4.78 is 1.48. The van der Waals surface area contributed by atoms with Crippen molar-refractivity contribution in [2.75, 3.05) is 7.05 Å². The Balaban J connectivity index is 2.58. The number of hydrogen-bond acceptors (Lipinski definition) is 2. The zero-order chi connectivity index (χ0) is 12.4. The van der Waals surface area contributed by atoms with Crippen LogP contribution in [0.5, 0.6) is 0 Å². The lowest BCUT2D eigenvalue weighted by molar-refractivity contribution is 0.801. The average Bonchev–Trinajstić information content (AvgIpc) is 2.58. The van der Waals surface area contributed by atoms with Crippen molar-refractivity contribution >= 4 is 11.6 Å². The molecule has 2 N–H and O–H groups in total. The zero-order valence-corrected chi connectivity index (χ0v) is 10.5. The highest BCUT2D eigenvalue weighted by molar-refractivity contribution is 6.32. The second kappa shape index (κ2) is 4.77. The molecular formula is C12H14ClN3O. The van der Waals surface area contributed by atoms with Crippen molar-refractivity contribution in [1.82, 2.24) is 15.1 Å². The Morgan fingerprint density at radius 2 is 2.12 bits per heavy atom. The highest BCUT2D eigenvalue weighted by atomic mass is 35.5. The summed E-state index contributed by atoms with van der Waals surface area (Å²) >= 11 is 6.07. The smallest absolute Gasteiger partial charge is 0.276 e. The van der Waals surface area contributed by atoms with Gasteiger partial charge in [0.1, 0.15) is 0 Å². The highest BCUT2D eigenvalue weighted by Gasteiger charge is 2.12. The summed E-state index contributed by atoms with van der Waals surface area (Å²) in [7, 11) is 1.81. The van der Waals surface area contributed by atoms with Gasteiger partial charge in [0.2, 0.25) is 0 Å². The van der Waals surface area contributed by atoms with E-state index < -0.39 is 0 Å². The third kappa shape index (κ3) is 2.14. The van der Waals surface area contributed by atoms with E-state index in [0.29, 0.717) is 17.3 Å². The van der Waals surface area contributed by atoms with Crippen LogP contribution in [0, 0.1) is 6.92 Å². The molecule has 1 aromatic heterocycles. The summed E-state index contributed by atoms with van der Waals surface area (Å²) in [5.74, 6) is 0. The van der Waals surface area contributed by atoms with Crippen molar-refractivity contribution in [3.8, 4) is 5.69 Å². The number of hydrogen-bond donors (Lipinski definition) is 2. The first kappa shape index (κ1) is 12.0. The predicted octanol–water partition coefficient (Wildman–Crippen LogP) is 1.85. The van der Waals surface area contributed by atoms with Gasteiger partial charge in [-0.3, -0.25) is 9.89 Å². The van der Waals surface area contributed by atoms with Gasteiger partial charge in [-0.2, -0.15) is 0 Å². The van der Waals surface area contributed by atoms with Gasteiger partial charge in [-0.05, 0) is 26.1 Å². The molecule has 17 heavy (non-hydrogen) atoms. The second-order valence-electron chi connectivity index (χ2n) is 3.84. The Bertz CT molecular complexity index is 586. The molecule has 0 unspecified atom stereocenters. The Hall–Kier alpha value is -1.52. The van der Waals surface area contributed by atoms with E-state index in [2.05, 4.69) is 10.4 Å². The van der Waals surface area contributed by atoms with Crippen LogP contribution in [-0.4, -0.2) is 16.8 Å². The first-order valence-corrected chi connectivity index (χ1v) is 5.73. The van der Waals surface area contributed by atoms with Gasteiger partial charge in [0.25, 0.3) is 5.56 Å². The van der Waals surface area contributed by atoms with E-state index in [1.807, 2.05) is 32.2 Å². The van der Waals surface area contributed by atoms with Crippen molar-refractivity contribution in [3.63, 3.8) is 0 Å². The second-order valence-corrected chi connectivity index (χ2v) is 4.24. The molecule has 0 saturated heterocycles. The minimum absolute atomic E-state index is 0.0649. The molecule has 0 aliphatic heterocycles. The summed E-state index contributed by atoms with van der Waals surface area (Å²) in [6.45, 7) is 2.42. The molecule has 90 valence electrons. The van der Waals surface area contributed by atoms with Crippen molar-refractivity contribution in [1.29, 1.82) is 0 Å². The lowest BCUT2D eigenvalue weighted by Crippen LogP contribution is -2.20. The van der Waals surface area contributed by atoms with Gasteiger partial charge in [-0.15, -0.1) is 0 Å². The van der Waals surface area contributed by atoms with Gasteiger partial charge in [0, 0.05) is 12.2 Å². The van der Waals surface area contributed by atoms with Gasteiger partial charge in [-0.25, -0.2) is 4.68 Å². The molecular weight excluding hydrogens is 238 g/mol. The molecule has 0 atom stereocenters. The molecule has 4 nitrogen and oxygen atoms in total. The zero-order valence-electron chi connectivity index (χ0n) is 9.75. The molecule has 0 spiro atoms. The molecule has 2 rings (SSSR count). The number of rotatable bonds is 3. The minimum Gasteiger partial charge on any atom is -0.315 e. The number of nitrogens with zero attached hydrogens (tertiary/aromatic N) is 1. The molecule has 0 bridgehead atoms. The first-order valence-electron chi connectivity index (χ1n) is 5.35. The van der Waals surface area contributed by atoms with Crippen LogP contribution in [0.4, 0.5) is 0 Å². The standard InChI is InChI=1S/C12H14ClN3O/c1-8-9(7-14-2)12(17)16(15-8)11-6-4-3-5-10(11)13/h3-6,14-15H,7H2,1-2H3. The third-order valence-corrected chi connectivity index (χ3v) is 2.96. The van der Waals surface area contributed by atoms with E-state index in [9.17, 15) is 4.79 Å². The van der Waals surface area contributed by atoms with E-state index in [1.54, 1.807) is 6.07 Å². The third-order valence-electron chi connectivity index (χ3n) is 2.64. The molecule has 1 heterocycles. The molecule has 2 aromatic rings. The maximum atomic E-state index is 12.2. The van der Waals surface area contributed by atoms with E-state index >= 15 is 0 Å². The fraction of sp³-hybridized carbons (Fsp3) is 0.250. The minimum atomic E-state index is -0.0649. The van der Waals surface area contributed by atoms with E-state index in [-0.39, 0.29) is 5.56 Å². The van der Waals surface area contributed by atoms with Gasteiger partial charge in [-0.1, -0.05) is 23.7 Å². The largest absolute Gasteiger partial charge is 0.315 e. The summed E-state index contributed by atoms with van der Waals surface area (Å²) in [6, 6.07) is 7.25. The highest BCUT2D eigenvalue weighted by Crippen LogP contribution is 2.18. The van der Waals surface area contributed by atoms with Crippen LogP contribution < -0.4 is 10.9 Å². The van der Waals surface area contributed by atoms with E-state index in [0.717, 1.165) is 11.3 Å². The van der Waals surface area contributed by atoms with Crippen molar-refractivity contribution in [2.24, 2.45) is 0 Å². The number of aryl methyl sites for hydroxylation is 1. The monoisotopic (exact) mass is 251 g/mol. The lowest BCUT2D eigenvalue weighted by Gasteiger charge is -2.03. The van der Waals surface area contributed by atoms with Crippen molar-refractivity contribution in [3.05, 3.63) is 50.9 Å². The number of aromatic amines is 1. The van der Waals surface area contributed by atoms with Gasteiger partial charge < -0.3 is 5.32 Å². The fourth-order valence-corrected chi connectivity index (χ4v) is 1.99. The molecule has 0 radical (unpaired) electrons. The summed E-state index contributed by atoms with van der Waals surface area (Å²) in [5, 5.41) is 6.56. The number of aromatic nitrogens is 2. The number of benzene rings is 1. The summed E-state index contributed by atoms with van der Waals surface area (Å²) in [6.07, 6.45) is 0. The van der Waals surface area contributed by atoms with Gasteiger partial charge in [0.15, 0.2) is 0 Å². The molecule has 5 heteroatoms. The Labute approximate surface area is 104 Å². The maximum absolute atomic E-state index is 12.2. The van der Waals surface area contributed by atoms with Gasteiger partial charge in [0.05, 0.1) is 16.3 Å². The topological polar surface area (TPSA) is 49.8 Å².